The first-order valence-electron chi connectivity index (χ1n) is 5.22. The van der Waals surface area contributed by atoms with E-state index >= 15 is 0 Å². The Labute approximate surface area is 82.9 Å². The molecule has 0 aromatic rings. The van der Waals surface area contributed by atoms with Crippen LogP contribution in [-0.2, 0) is 0 Å². The predicted octanol–water partition coefficient (Wildman–Crippen LogP) is 3.09. The topological polar surface area (TPSA) is 26.0 Å². The van der Waals surface area contributed by atoms with E-state index in [0.29, 0.717) is 31.6 Å². The summed E-state index contributed by atoms with van der Waals surface area (Å²) in [6, 6.07) is 0.113. The Morgan fingerprint density at radius 1 is 1.21 bits per heavy atom. The highest BCUT2D eigenvalue weighted by atomic mass is 19.4. The molecule has 1 unspecified atom stereocenters. The van der Waals surface area contributed by atoms with Crippen molar-refractivity contribution in [3.63, 3.8) is 0 Å². The average molecular weight is 209 g/mol. The first-order valence-corrected chi connectivity index (χ1v) is 5.22. The zero-order valence-electron chi connectivity index (χ0n) is 8.48. The lowest BCUT2D eigenvalue weighted by Crippen LogP contribution is -2.29. The summed E-state index contributed by atoms with van der Waals surface area (Å²) in [6.07, 6.45) is -1.16. The minimum atomic E-state index is -3.99. The average Bonchev–Trinajstić information content (AvgIpc) is 2.02. The van der Waals surface area contributed by atoms with Gasteiger partial charge >= 0.3 is 6.18 Å². The van der Waals surface area contributed by atoms with Crippen molar-refractivity contribution < 1.29 is 13.2 Å². The Bertz CT molecular complexity index is 169. The zero-order valence-corrected chi connectivity index (χ0v) is 8.48. The van der Waals surface area contributed by atoms with Crippen LogP contribution in [0.1, 0.15) is 39.0 Å². The summed E-state index contributed by atoms with van der Waals surface area (Å²) in [7, 11) is 0. The molecule has 1 atom stereocenters. The van der Waals surface area contributed by atoms with E-state index in [2.05, 4.69) is 0 Å². The van der Waals surface area contributed by atoms with E-state index in [1.165, 1.54) is 0 Å². The molecule has 1 saturated carbocycles. The minimum Gasteiger partial charge on any atom is -0.328 e. The van der Waals surface area contributed by atoms with Gasteiger partial charge in [-0.15, -0.1) is 0 Å². The van der Waals surface area contributed by atoms with Crippen molar-refractivity contribution in [2.75, 3.05) is 0 Å². The molecule has 0 saturated heterocycles. The van der Waals surface area contributed by atoms with Gasteiger partial charge in [0.15, 0.2) is 0 Å². The lowest BCUT2D eigenvalue weighted by atomic mass is 9.79. The fraction of sp³-hybridized carbons (Fsp3) is 1.00. The molecule has 0 radical (unpaired) electrons. The summed E-state index contributed by atoms with van der Waals surface area (Å²) in [5, 5.41) is 0. The second kappa shape index (κ2) is 4.51. The second-order valence-electron chi connectivity index (χ2n) is 4.47. The SMILES string of the molecule is CC(N)CC1CCC(C(F)(F)F)CC1. The molecule has 1 rings (SSSR count). The van der Waals surface area contributed by atoms with Gasteiger partial charge in [-0.1, -0.05) is 0 Å². The Morgan fingerprint density at radius 3 is 2.07 bits per heavy atom. The fourth-order valence-corrected chi connectivity index (χ4v) is 2.25. The number of halogens is 3. The number of hydrogen-bond acceptors (Lipinski definition) is 1. The monoisotopic (exact) mass is 209 g/mol. The first kappa shape index (κ1) is 11.8. The Kier molecular flexibility index (Phi) is 3.81. The third kappa shape index (κ3) is 3.48. The van der Waals surface area contributed by atoms with Crippen molar-refractivity contribution in [3.05, 3.63) is 0 Å². The molecule has 1 aliphatic rings. The molecule has 4 heteroatoms. The van der Waals surface area contributed by atoms with Gasteiger partial charge in [-0.3, -0.25) is 0 Å². The van der Waals surface area contributed by atoms with Crippen LogP contribution in [0, 0.1) is 11.8 Å². The largest absolute Gasteiger partial charge is 0.391 e. The highest BCUT2D eigenvalue weighted by molar-refractivity contribution is 4.78. The molecule has 84 valence electrons. The Balaban J connectivity index is 2.31. The van der Waals surface area contributed by atoms with E-state index in [4.69, 9.17) is 5.73 Å². The van der Waals surface area contributed by atoms with Gasteiger partial charge in [0.25, 0.3) is 0 Å². The maximum absolute atomic E-state index is 12.3. The second-order valence-corrected chi connectivity index (χ2v) is 4.47. The number of rotatable bonds is 2. The fourth-order valence-electron chi connectivity index (χ4n) is 2.25. The van der Waals surface area contributed by atoms with Crippen molar-refractivity contribution in [1.29, 1.82) is 0 Å². The number of nitrogens with two attached hydrogens (primary N) is 1. The van der Waals surface area contributed by atoms with Crippen molar-refractivity contribution >= 4 is 0 Å². The highest BCUT2D eigenvalue weighted by Gasteiger charge is 2.41. The first-order chi connectivity index (χ1) is 6.39. The summed E-state index contributed by atoms with van der Waals surface area (Å²) < 4.78 is 36.9. The standard InChI is InChI=1S/C10H18F3N/c1-7(14)6-8-2-4-9(5-3-8)10(11,12)13/h7-9H,2-6,14H2,1H3. The molecule has 0 aliphatic heterocycles. The van der Waals surface area contributed by atoms with Gasteiger partial charge in [-0.05, 0) is 44.9 Å². The molecule has 0 amide bonds. The van der Waals surface area contributed by atoms with Crippen LogP contribution in [0.25, 0.3) is 0 Å². The van der Waals surface area contributed by atoms with Gasteiger partial charge < -0.3 is 5.73 Å². The van der Waals surface area contributed by atoms with E-state index in [1.807, 2.05) is 6.92 Å². The van der Waals surface area contributed by atoms with Crippen LogP contribution in [0.4, 0.5) is 13.2 Å². The van der Waals surface area contributed by atoms with E-state index < -0.39 is 12.1 Å². The van der Waals surface area contributed by atoms with Gasteiger partial charge in [0.2, 0.25) is 0 Å². The van der Waals surface area contributed by atoms with Crippen molar-refractivity contribution in [2.45, 2.75) is 51.2 Å². The van der Waals surface area contributed by atoms with Gasteiger partial charge in [-0.25, -0.2) is 0 Å². The van der Waals surface area contributed by atoms with Crippen LogP contribution in [-0.4, -0.2) is 12.2 Å². The summed E-state index contributed by atoms with van der Waals surface area (Å²) in [4.78, 5) is 0. The van der Waals surface area contributed by atoms with Crippen LogP contribution in [0.3, 0.4) is 0 Å². The van der Waals surface area contributed by atoms with Gasteiger partial charge in [0.05, 0.1) is 5.92 Å². The molecule has 14 heavy (non-hydrogen) atoms. The molecular formula is C10H18F3N. The summed E-state index contributed by atoms with van der Waals surface area (Å²) in [5.41, 5.74) is 5.62. The maximum atomic E-state index is 12.3. The van der Waals surface area contributed by atoms with E-state index in [1.54, 1.807) is 0 Å². The van der Waals surface area contributed by atoms with E-state index in [-0.39, 0.29) is 6.04 Å². The quantitative estimate of drug-likeness (QED) is 0.743. The lowest BCUT2D eigenvalue weighted by Gasteiger charge is -2.30. The summed E-state index contributed by atoms with van der Waals surface area (Å²) in [6.45, 7) is 1.91. The molecule has 0 heterocycles. The Hall–Kier alpha value is -0.250. The van der Waals surface area contributed by atoms with Crippen LogP contribution in [0.5, 0.6) is 0 Å². The lowest BCUT2D eigenvalue weighted by molar-refractivity contribution is -0.184. The zero-order chi connectivity index (χ0) is 10.8. The maximum Gasteiger partial charge on any atom is 0.391 e. The third-order valence-electron chi connectivity index (χ3n) is 3.01. The molecule has 0 bridgehead atoms. The number of hydrogen-bond donors (Lipinski definition) is 1. The van der Waals surface area contributed by atoms with Gasteiger partial charge in [0.1, 0.15) is 0 Å². The predicted molar refractivity (Wildman–Crippen MR) is 49.8 cm³/mol. The van der Waals surface area contributed by atoms with Gasteiger partial charge in [-0.2, -0.15) is 13.2 Å². The van der Waals surface area contributed by atoms with E-state index in [0.717, 1.165) is 6.42 Å². The number of alkyl halides is 3. The summed E-state index contributed by atoms with van der Waals surface area (Å²) in [5.74, 6) is -0.652. The van der Waals surface area contributed by atoms with Crippen LogP contribution in [0.15, 0.2) is 0 Å². The normalized spacial score (nSPS) is 31.5. The van der Waals surface area contributed by atoms with Crippen LogP contribution < -0.4 is 5.73 Å². The molecule has 0 aromatic heterocycles. The molecule has 1 nitrogen and oxygen atoms in total. The molecule has 0 spiro atoms. The minimum absolute atomic E-state index is 0.113. The smallest absolute Gasteiger partial charge is 0.328 e. The molecule has 1 aliphatic carbocycles. The van der Waals surface area contributed by atoms with Crippen molar-refractivity contribution in [1.82, 2.24) is 0 Å². The van der Waals surface area contributed by atoms with E-state index in [9.17, 15) is 13.2 Å². The molecular weight excluding hydrogens is 191 g/mol. The van der Waals surface area contributed by atoms with Crippen molar-refractivity contribution in [2.24, 2.45) is 17.6 Å². The molecule has 0 aromatic carbocycles. The summed E-state index contributed by atoms with van der Waals surface area (Å²) >= 11 is 0. The van der Waals surface area contributed by atoms with Crippen molar-refractivity contribution in [3.8, 4) is 0 Å². The molecule has 1 fully saturated rings. The molecule has 2 N–H and O–H groups in total. The third-order valence-corrected chi connectivity index (χ3v) is 3.01. The van der Waals surface area contributed by atoms with Crippen LogP contribution in [0.2, 0.25) is 0 Å². The highest BCUT2D eigenvalue weighted by Crippen LogP contribution is 2.40. The van der Waals surface area contributed by atoms with Gasteiger partial charge in [0, 0.05) is 6.04 Å². The van der Waals surface area contributed by atoms with Crippen LogP contribution >= 0.6 is 0 Å². The Morgan fingerprint density at radius 2 is 1.71 bits per heavy atom.